The smallest absolute Gasteiger partial charge is 0.224 e. The van der Waals surface area contributed by atoms with Crippen LogP contribution in [0.5, 0.6) is 0 Å². The van der Waals surface area contributed by atoms with Crippen molar-refractivity contribution >= 4 is 40.6 Å². The fourth-order valence-corrected chi connectivity index (χ4v) is 3.83. The fraction of sp³-hybridized carbons (Fsp3) is 0.529. The molecule has 1 aliphatic rings. The van der Waals surface area contributed by atoms with Crippen molar-refractivity contribution in [2.24, 2.45) is 0 Å². The molecule has 0 unspecified atom stereocenters. The zero-order valence-corrected chi connectivity index (χ0v) is 18.1. The molecule has 0 saturated carbocycles. The summed E-state index contributed by atoms with van der Waals surface area (Å²) in [5, 5.41) is 6.48. The maximum absolute atomic E-state index is 13.6. The highest BCUT2D eigenvalue weighted by atomic mass is 35.5. The van der Waals surface area contributed by atoms with E-state index in [4.69, 9.17) is 34.8 Å². The van der Waals surface area contributed by atoms with Gasteiger partial charge in [-0.3, -0.25) is 0 Å². The summed E-state index contributed by atoms with van der Waals surface area (Å²) >= 11 is 16.2. The van der Waals surface area contributed by atoms with Crippen LogP contribution in [0.2, 0.25) is 15.7 Å². The summed E-state index contributed by atoms with van der Waals surface area (Å²) < 4.78 is 25.8. The second-order valence-electron chi connectivity index (χ2n) is 7.76. The predicted octanol–water partition coefficient (Wildman–Crippen LogP) is 4.91. The van der Waals surface area contributed by atoms with Gasteiger partial charge in [0.1, 0.15) is 0 Å². The van der Waals surface area contributed by atoms with Gasteiger partial charge in [-0.1, -0.05) is 11.6 Å². The topological polar surface area (TPSA) is 75.6 Å². The van der Waals surface area contributed by atoms with Crippen LogP contribution in [0.1, 0.15) is 40.5 Å². The van der Waals surface area contributed by atoms with E-state index in [1.54, 1.807) is 0 Å². The number of anilines is 1. The van der Waals surface area contributed by atoms with Crippen molar-refractivity contribution in [2.45, 2.75) is 57.7 Å². The van der Waals surface area contributed by atoms with Crippen LogP contribution >= 0.6 is 34.8 Å². The zero-order valence-electron chi connectivity index (χ0n) is 15.8. The molecular weight excluding hydrogens is 433 g/mol. The normalized spacial score (nSPS) is 18.2. The Kier molecular flexibility index (Phi) is 7.36. The van der Waals surface area contributed by atoms with Crippen LogP contribution in [0.3, 0.4) is 0 Å². The fourth-order valence-electron chi connectivity index (χ4n) is 3.39. The molecule has 1 saturated heterocycles. The molecule has 2 N–H and O–H groups in total. The minimum Gasteiger partial charge on any atom is -0.365 e. The summed E-state index contributed by atoms with van der Waals surface area (Å²) in [6.07, 6.45) is 3.78. The number of rotatable bonds is 2. The molecule has 0 spiro atoms. The van der Waals surface area contributed by atoms with Crippen LogP contribution in [0, 0.1) is 11.6 Å². The van der Waals surface area contributed by atoms with Gasteiger partial charge in [-0.05, 0) is 63.7 Å². The number of aromatic nitrogens is 4. The van der Waals surface area contributed by atoms with Crippen LogP contribution < -0.4 is 10.6 Å². The minimum atomic E-state index is -0.666. The van der Waals surface area contributed by atoms with Crippen LogP contribution in [0.4, 0.5) is 14.6 Å². The average molecular weight is 454 g/mol. The minimum absolute atomic E-state index is 0.00722. The first-order valence-electron chi connectivity index (χ1n) is 8.44. The Morgan fingerprint density at radius 1 is 0.929 bits per heavy atom. The molecule has 0 amide bonds. The second-order valence-corrected chi connectivity index (χ2v) is 8.79. The first-order valence-corrected chi connectivity index (χ1v) is 9.58. The third-order valence-electron chi connectivity index (χ3n) is 3.92. The van der Waals surface area contributed by atoms with Crippen molar-refractivity contribution < 1.29 is 8.78 Å². The third-order valence-corrected chi connectivity index (χ3v) is 4.55. The Hall–Kier alpha value is -1.35. The van der Waals surface area contributed by atoms with E-state index < -0.39 is 11.6 Å². The van der Waals surface area contributed by atoms with Crippen molar-refractivity contribution in [3.05, 3.63) is 39.7 Å². The molecular formula is C17H21Cl3F2N6. The van der Waals surface area contributed by atoms with Gasteiger partial charge < -0.3 is 10.6 Å². The molecule has 0 bridgehead atoms. The molecule has 0 aliphatic carbocycles. The van der Waals surface area contributed by atoms with Crippen LogP contribution in [-0.4, -0.2) is 37.1 Å². The van der Waals surface area contributed by atoms with Gasteiger partial charge >= 0.3 is 0 Å². The molecule has 0 radical (unpaired) electrons. The molecule has 6 nitrogen and oxygen atoms in total. The number of nitrogens with zero attached hydrogens (tertiary/aromatic N) is 4. The monoisotopic (exact) mass is 452 g/mol. The molecule has 0 aromatic carbocycles. The molecule has 154 valence electrons. The van der Waals surface area contributed by atoms with E-state index in [0.29, 0.717) is 0 Å². The predicted molar refractivity (Wildman–Crippen MR) is 107 cm³/mol. The summed E-state index contributed by atoms with van der Waals surface area (Å²) in [6.45, 7) is 8.58. The highest BCUT2D eigenvalue weighted by molar-refractivity contribution is 6.31. The average Bonchev–Trinajstić information content (AvgIpc) is 2.52. The molecule has 3 heterocycles. The summed E-state index contributed by atoms with van der Waals surface area (Å²) in [5.41, 5.74) is -0.0144. The van der Waals surface area contributed by atoms with Gasteiger partial charge in [-0.15, -0.1) is 0 Å². The van der Waals surface area contributed by atoms with Gasteiger partial charge in [0.05, 0.1) is 12.4 Å². The molecule has 1 fully saturated rings. The van der Waals surface area contributed by atoms with E-state index in [0.717, 1.165) is 25.2 Å². The largest absolute Gasteiger partial charge is 0.365 e. The molecule has 3 rings (SSSR count). The number of halogens is 5. The lowest BCUT2D eigenvalue weighted by Crippen LogP contribution is -2.60. The highest BCUT2D eigenvalue weighted by Crippen LogP contribution is 2.30. The Morgan fingerprint density at radius 2 is 1.43 bits per heavy atom. The Balaban J connectivity index is 0.000000261. The number of nitrogens with one attached hydrogen (secondary N) is 2. The first kappa shape index (κ1) is 22.9. The molecule has 2 aromatic heterocycles. The Morgan fingerprint density at radius 3 is 1.93 bits per heavy atom. The van der Waals surface area contributed by atoms with Crippen LogP contribution in [0.25, 0.3) is 0 Å². The van der Waals surface area contributed by atoms with Crippen molar-refractivity contribution in [3.63, 3.8) is 0 Å². The van der Waals surface area contributed by atoms with E-state index in [2.05, 4.69) is 58.3 Å². The van der Waals surface area contributed by atoms with E-state index in [9.17, 15) is 8.78 Å². The van der Waals surface area contributed by atoms with Crippen molar-refractivity contribution in [1.82, 2.24) is 25.3 Å². The Labute approximate surface area is 177 Å². The lowest BCUT2D eigenvalue weighted by atomic mass is 9.79. The van der Waals surface area contributed by atoms with Gasteiger partial charge in [-0.25, -0.2) is 23.7 Å². The van der Waals surface area contributed by atoms with E-state index in [1.807, 2.05) is 0 Å². The van der Waals surface area contributed by atoms with Gasteiger partial charge in [0.15, 0.2) is 22.6 Å². The van der Waals surface area contributed by atoms with Gasteiger partial charge in [0.25, 0.3) is 0 Å². The molecule has 1 aliphatic heterocycles. The molecule has 0 atom stereocenters. The van der Waals surface area contributed by atoms with Crippen molar-refractivity contribution in [3.8, 4) is 0 Å². The third kappa shape index (κ3) is 6.92. The summed E-state index contributed by atoms with van der Waals surface area (Å²) in [6, 6.07) is 0.145. The number of hydrogen-bond donors (Lipinski definition) is 2. The van der Waals surface area contributed by atoms with Gasteiger partial charge in [0, 0.05) is 17.1 Å². The summed E-state index contributed by atoms with van der Waals surface area (Å²) in [4.78, 5) is 14.2. The first-order chi connectivity index (χ1) is 12.9. The van der Waals surface area contributed by atoms with Crippen molar-refractivity contribution in [1.29, 1.82) is 0 Å². The molecule has 28 heavy (non-hydrogen) atoms. The molecule has 2 aromatic rings. The quantitative estimate of drug-likeness (QED) is 0.497. The van der Waals surface area contributed by atoms with Crippen LogP contribution in [-0.2, 0) is 0 Å². The van der Waals surface area contributed by atoms with Gasteiger partial charge in [0.2, 0.25) is 10.6 Å². The standard InChI is InChI=1S/C13H20ClFN4.C4HCl2FN2/c1-12(2)5-8(6-13(3,4)19-12)17-10-9(15)7-16-11(14)18-10;5-3-2(7)1-8-4(6)9-3/h7-8,19H,5-6H2,1-4H3,(H,16,17,18);1H. The second kappa shape index (κ2) is 8.98. The van der Waals surface area contributed by atoms with E-state index in [-0.39, 0.29) is 38.7 Å². The SMILES string of the molecule is CC1(C)CC(Nc2nc(Cl)ncc2F)CC(C)(C)N1.Fc1cnc(Cl)nc1Cl. The lowest BCUT2D eigenvalue weighted by Gasteiger charge is -2.46. The lowest BCUT2D eigenvalue weighted by molar-refractivity contribution is 0.170. The molecule has 11 heteroatoms. The van der Waals surface area contributed by atoms with E-state index in [1.165, 1.54) is 0 Å². The summed E-state index contributed by atoms with van der Waals surface area (Å²) in [7, 11) is 0. The van der Waals surface area contributed by atoms with Gasteiger partial charge in [-0.2, -0.15) is 4.98 Å². The zero-order chi connectivity index (χ0) is 21.1. The maximum atomic E-state index is 13.6. The number of hydrogen-bond acceptors (Lipinski definition) is 6. The van der Waals surface area contributed by atoms with Crippen molar-refractivity contribution in [2.75, 3.05) is 5.32 Å². The summed E-state index contributed by atoms with van der Waals surface area (Å²) in [5.74, 6) is -0.960. The van der Waals surface area contributed by atoms with E-state index >= 15 is 0 Å². The highest BCUT2D eigenvalue weighted by Gasteiger charge is 2.37. The number of piperidine rings is 1. The van der Waals surface area contributed by atoms with Crippen LogP contribution in [0.15, 0.2) is 12.4 Å². The Bertz CT molecular complexity index is 819. The maximum Gasteiger partial charge on any atom is 0.224 e.